The maximum atomic E-state index is 12.2. The minimum absolute atomic E-state index is 0.302. The fourth-order valence-corrected chi connectivity index (χ4v) is 4.03. The summed E-state index contributed by atoms with van der Waals surface area (Å²) in [7, 11) is 0. The molecule has 1 heterocycles. The highest BCUT2D eigenvalue weighted by molar-refractivity contribution is 5.78. The number of rotatable bonds is 9. The molecule has 2 rings (SSSR count). The van der Waals surface area contributed by atoms with Gasteiger partial charge < -0.3 is 10.2 Å². The Morgan fingerprint density at radius 2 is 1.77 bits per heavy atom. The third kappa shape index (κ3) is 6.28. The predicted molar refractivity (Wildman–Crippen MR) is 92.9 cm³/mol. The van der Waals surface area contributed by atoms with Crippen molar-refractivity contribution in [2.45, 2.75) is 77.6 Å². The highest BCUT2D eigenvalue weighted by atomic mass is 16.1. The molecule has 1 aliphatic heterocycles. The molecule has 0 unspecified atom stereocenters. The summed E-state index contributed by atoms with van der Waals surface area (Å²) in [6.45, 7) is 6.94. The quantitative estimate of drug-likeness (QED) is 0.654. The molecule has 0 aromatic rings. The molecule has 1 saturated carbocycles. The zero-order chi connectivity index (χ0) is 15.6. The van der Waals surface area contributed by atoms with Crippen LogP contribution in [0.2, 0.25) is 0 Å². The first-order valence-corrected chi connectivity index (χ1v) is 9.79. The Morgan fingerprint density at radius 1 is 1.05 bits per heavy atom. The molecule has 0 atom stereocenters. The number of nitrogens with zero attached hydrogens (tertiary/aromatic N) is 1. The molecule has 3 heteroatoms. The summed E-state index contributed by atoms with van der Waals surface area (Å²) in [5.74, 6) is 1.52. The number of carbonyl (C=O) groups is 1. The number of unbranched alkanes of at least 4 members (excludes halogenated alkanes) is 2. The summed E-state index contributed by atoms with van der Waals surface area (Å²) >= 11 is 0. The highest BCUT2D eigenvalue weighted by Gasteiger charge is 2.25. The molecular weight excluding hydrogens is 272 g/mol. The van der Waals surface area contributed by atoms with Gasteiger partial charge in [-0.15, -0.1) is 0 Å². The van der Waals surface area contributed by atoms with Gasteiger partial charge in [0.05, 0.1) is 0 Å². The Bertz CT molecular complexity index is 305. The summed E-state index contributed by atoms with van der Waals surface area (Å²) in [5.41, 5.74) is 0. The van der Waals surface area contributed by atoms with E-state index in [-0.39, 0.29) is 0 Å². The van der Waals surface area contributed by atoms with Gasteiger partial charge in [-0.25, -0.2) is 0 Å². The first kappa shape index (κ1) is 17.8. The number of nitrogens with one attached hydrogen (secondary N) is 1. The molecule has 1 amide bonds. The minimum Gasteiger partial charge on any atom is -0.356 e. The third-order valence-electron chi connectivity index (χ3n) is 5.58. The smallest absolute Gasteiger partial charge is 0.223 e. The Hall–Kier alpha value is -0.570. The van der Waals surface area contributed by atoms with Crippen molar-refractivity contribution in [1.82, 2.24) is 10.2 Å². The SMILES string of the molecule is CCCCC1CCC(C(=O)NCCCCN2CCCC2)CC1. The van der Waals surface area contributed by atoms with Gasteiger partial charge in [0.15, 0.2) is 0 Å². The molecule has 22 heavy (non-hydrogen) atoms. The van der Waals surface area contributed by atoms with Crippen LogP contribution in [0.5, 0.6) is 0 Å². The van der Waals surface area contributed by atoms with Gasteiger partial charge in [-0.05, 0) is 76.9 Å². The molecule has 2 aliphatic rings. The van der Waals surface area contributed by atoms with Gasteiger partial charge in [0, 0.05) is 12.5 Å². The molecule has 1 saturated heterocycles. The van der Waals surface area contributed by atoms with E-state index in [1.54, 1.807) is 0 Å². The van der Waals surface area contributed by atoms with E-state index in [1.165, 1.54) is 71.0 Å². The van der Waals surface area contributed by atoms with E-state index in [4.69, 9.17) is 0 Å². The van der Waals surface area contributed by atoms with Crippen molar-refractivity contribution < 1.29 is 4.79 Å². The van der Waals surface area contributed by atoms with Crippen molar-refractivity contribution >= 4 is 5.91 Å². The van der Waals surface area contributed by atoms with Crippen molar-refractivity contribution in [2.75, 3.05) is 26.2 Å². The first-order chi connectivity index (χ1) is 10.8. The largest absolute Gasteiger partial charge is 0.356 e. The van der Waals surface area contributed by atoms with Crippen LogP contribution in [-0.2, 0) is 4.79 Å². The summed E-state index contributed by atoms with van der Waals surface area (Å²) in [4.78, 5) is 14.8. The second kappa shape index (κ2) is 10.3. The Morgan fingerprint density at radius 3 is 2.45 bits per heavy atom. The molecule has 0 aromatic heterocycles. The molecule has 2 fully saturated rings. The lowest BCUT2D eigenvalue weighted by Gasteiger charge is -2.27. The van der Waals surface area contributed by atoms with Crippen LogP contribution in [0.25, 0.3) is 0 Å². The van der Waals surface area contributed by atoms with Crippen LogP contribution < -0.4 is 5.32 Å². The zero-order valence-corrected chi connectivity index (χ0v) is 14.6. The first-order valence-electron chi connectivity index (χ1n) is 9.79. The number of carbonyl (C=O) groups excluding carboxylic acids is 1. The van der Waals surface area contributed by atoms with Crippen LogP contribution in [-0.4, -0.2) is 37.0 Å². The Balaban J connectivity index is 1.48. The summed E-state index contributed by atoms with van der Waals surface area (Å²) in [6.07, 6.45) is 13.9. The molecule has 3 nitrogen and oxygen atoms in total. The van der Waals surface area contributed by atoms with Crippen molar-refractivity contribution in [3.05, 3.63) is 0 Å². The molecule has 1 N–H and O–H groups in total. The average molecular weight is 309 g/mol. The summed E-state index contributed by atoms with van der Waals surface area (Å²) in [5, 5.41) is 3.18. The van der Waals surface area contributed by atoms with Crippen LogP contribution in [0.3, 0.4) is 0 Å². The van der Waals surface area contributed by atoms with Crippen LogP contribution in [0.4, 0.5) is 0 Å². The van der Waals surface area contributed by atoms with Crippen LogP contribution in [0, 0.1) is 11.8 Å². The van der Waals surface area contributed by atoms with Gasteiger partial charge >= 0.3 is 0 Å². The van der Waals surface area contributed by atoms with Crippen molar-refractivity contribution in [3.8, 4) is 0 Å². The van der Waals surface area contributed by atoms with Crippen molar-refractivity contribution in [2.24, 2.45) is 11.8 Å². The Labute approximate surface area is 137 Å². The van der Waals surface area contributed by atoms with Gasteiger partial charge in [0.1, 0.15) is 0 Å². The fourth-order valence-electron chi connectivity index (χ4n) is 4.03. The van der Waals surface area contributed by atoms with Crippen molar-refractivity contribution in [1.29, 1.82) is 0 Å². The Kier molecular flexibility index (Phi) is 8.28. The number of hydrogen-bond acceptors (Lipinski definition) is 2. The highest BCUT2D eigenvalue weighted by Crippen LogP contribution is 2.31. The molecule has 1 aliphatic carbocycles. The maximum Gasteiger partial charge on any atom is 0.223 e. The predicted octanol–water partition coefficient (Wildman–Crippen LogP) is 3.98. The standard InChI is InChI=1S/C19H36N2O/c1-2-3-8-17-9-11-18(12-10-17)19(22)20-13-4-5-14-21-15-6-7-16-21/h17-18H,2-16H2,1H3,(H,20,22). The van der Waals surface area contributed by atoms with Gasteiger partial charge in [-0.1, -0.05) is 26.2 Å². The number of likely N-dealkylation sites (tertiary alicyclic amines) is 1. The maximum absolute atomic E-state index is 12.2. The van der Waals surface area contributed by atoms with Gasteiger partial charge in [-0.2, -0.15) is 0 Å². The van der Waals surface area contributed by atoms with Crippen LogP contribution in [0.15, 0.2) is 0 Å². The molecule has 128 valence electrons. The minimum atomic E-state index is 0.302. The average Bonchev–Trinajstić information content (AvgIpc) is 3.06. The van der Waals surface area contributed by atoms with E-state index in [1.807, 2.05) is 0 Å². The van der Waals surface area contributed by atoms with Crippen LogP contribution in [0.1, 0.15) is 77.6 Å². The molecular formula is C19H36N2O. The second-order valence-corrected chi connectivity index (χ2v) is 7.41. The summed E-state index contributed by atoms with van der Waals surface area (Å²) in [6, 6.07) is 0. The van der Waals surface area contributed by atoms with E-state index >= 15 is 0 Å². The van der Waals surface area contributed by atoms with E-state index < -0.39 is 0 Å². The van der Waals surface area contributed by atoms with Gasteiger partial charge in [0.2, 0.25) is 5.91 Å². The molecule has 0 spiro atoms. The monoisotopic (exact) mass is 308 g/mol. The van der Waals surface area contributed by atoms with E-state index in [0.29, 0.717) is 11.8 Å². The van der Waals surface area contributed by atoms with Crippen LogP contribution >= 0.6 is 0 Å². The lowest BCUT2D eigenvalue weighted by molar-refractivity contribution is -0.126. The normalized spacial score (nSPS) is 26.2. The van der Waals surface area contributed by atoms with E-state index in [2.05, 4.69) is 17.1 Å². The van der Waals surface area contributed by atoms with Crippen molar-refractivity contribution in [3.63, 3.8) is 0 Å². The lowest BCUT2D eigenvalue weighted by Crippen LogP contribution is -2.34. The zero-order valence-electron chi connectivity index (χ0n) is 14.6. The second-order valence-electron chi connectivity index (χ2n) is 7.41. The molecule has 0 aromatic carbocycles. The van der Waals surface area contributed by atoms with Gasteiger partial charge in [-0.3, -0.25) is 4.79 Å². The molecule has 0 bridgehead atoms. The summed E-state index contributed by atoms with van der Waals surface area (Å²) < 4.78 is 0. The van der Waals surface area contributed by atoms with Gasteiger partial charge in [0.25, 0.3) is 0 Å². The fraction of sp³-hybridized carbons (Fsp3) is 0.947. The lowest BCUT2D eigenvalue weighted by atomic mass is 9.79. The molecule has 0 radical (unpaired) electrons. The third-order valence-corrected chi connectivity index (χ3v) is 5.58. The van der Waals surface area contributed by atoms with E-state index in [9.17, 15) is 4.79 Å². The van der Waals surface area contributed by atoms with E-state index in [0.717, 1.165) is 31.7 Å². The topological polar surface area (TPSA) is 32.3 Å². The number of hydrogen-bond donors (Lipinski definition) is 1. The number of amides is 1.